The predicted molar refractivity (Wildman–Crippen MR) is 64.1 cm³/mol. The van der Waals surface area contributed by atoms with Gasteiger partial charge in [0.1, 0.15) is 11.6 Å². The van der Waals surface area contributed by atoms with E-state index in [4.69, 9.17) is 0 Å². The number of rotatable bonds is 1. The molecule has 2 aromatic carbocycles. The average molecular weight is 246 g/mol. The molecule has 92 valence electrons. The molecule has 3 heteroatoms. The molecule has 2 aromatic rings. The smallest absolute Gasteiger partial charge is 0.126 e. The molecule has 1 nitrogen and oxygen atoms in total. The molecule has 1 aliphatic carbocycles. The predicted octanol–water partition coefficient (Wildman–Crippen LogP) is 2.95. The summed E-state index contributed by atoms with van der Waals surface area (Å²) in [5.74, 6) is -1.32. The van der Waals surface area contributed by atoms with Crippen molar-refractivity contribution in [3.63, 3.8) is 0 Å². The highest BCUT2D eigenvalue weighted by molar-refractivity contribution is 5.40. The van der Waals surface area contributed by atoms with Crippen molar-refractivity contribution in [2.45, 2.75) is 18.4 Å². The van der Waals surface area contributed by atoms with Crippen LogP contribution in [0.5, 0.6) is 0 Å². The summed E-state index contributed by atoms with van der Waals surface area (Å²) in [6.45, 7) is 0. The SMILES string of the molecule is OC1(c2cc(F)cc(F)c2)Cc2ccccc2C1. The van der Waals surface area contributed by atoms with E-state index in [0.717, 1.165) is 17.2 Å². The molecule has 0 amide bonds. The van der Waals surface area contributed by atoms with E-state index in [9.17, 15) is 13.9 Å². The third-order valence-electron chi connectivity index (χ3n) is 3.48. The van der Waals surface area contributed by atoms with Crippen molar-refractivity contribution < 1.29 is 13.9 Å². The van der Waals surface area contributed by atoms with Crippen molar-refractivity contribution in [3.8, 4) is 0 Å². The van der Waals surface area contributed by atoms with Gasteiger partial charge in [0.05, 0.1) is 5.60 Å². The fourth-order valence-electron chi connectivity index (χ4n) is 2.62. The summed E-state index contributed by atoms with van der Waals surface area (Å²) in [6, 6.07) is 10.9. The first-order valence-electron chi connectivity index (χ1n) is 5.83. The second-order valence-electron chi connectivity index (χ2n) is 4.81. The second-order valence-corrected chi connectivity index (χ2v) is 4.81. The molecule has 1 aliphatic rings. The first-order chi connectivity index (χ1) is 8.57. The van der Waals surface area contributed by atoms with E-state index in [1.807, 2.05) is 24.3 Å². The topological polar surface area (TPSA) is 20.2 Å². The molecular weight excluding hydrogens is 234 g/mol. The Hall–Kier alpha value is -1.74. The Labute approximate surface area is 104 Å². The van der Waals surface area contributed by atoms with Crippen LogP contribution < -0.4 is 0 Å². The molecule has 0 atom stereocenters. The molecule has 0 aliphatic heterocycles. The van der Waals surface area contributed by atoms with E-state index < -0.39 is 17.2 Å². The van der Waals surface area contributed by atoms with Crippen LogP contribution >= 0.6 is 0 Å². The van der Waals surface area contributed by atoms with Gasteiger partial charge in [0.25, 0.3) is 0 Å². The van der Waals surface area contributed by atoms with Crippen molar-refractivity contribution >= 4 is 0 Å². The lowest BCUT2D eigenvalue weighted by Crippen LogP contribution is -2.26. The van der Waals surface area contributed by atoms with Crippen molar-refractivity contribution in [2.24, 2.45) is 0 Å². The van der Waals surface area contributed by atoms with E-state index in [-0.39, 0.29) is 0 Å². The van der Waals surface area contributed by atoms with E-state index in [1.54, 1.807) is 0 Å². The molecule has 0 saturated heterocycles. The first kappa shape index (κ1) is 11.4. The van der Waals surface area contributed by atoms with Gasteiger partial charge in [-0.3, -0.25) is 0 Å². The lowest BCUT2D eigenvalue weighted by Gasteiger charge is -2.22. The van der Waals surface area contributed by atoms with Crippen LogP contribution in [-0.4, -0.2) is 5.11 Å². The molecular formula is C15H12F2O. The highest BCUT2D eigenvalue weighted by Crippen LogP contribution is 2.37. The Balaban J connectivity index is 2.03. The van der Waals surface area contributed by atoms with Crippen LogP contribution in [0.25, 0.3) is 0 Å². The fourth-order valence-corrected chi connectivity index (χ4v) is 2.62. The van der Waals surface area contributed by atoms with Gasteiger partial charge in [0, 0.05) is 18.9 Å². The lowest BCUT2D eigenvalue weighted by atomic mass is 9.91. The van der Waals surface area contributed by atoms with Crippen LogP contribution in [0.15, 0.2) is 42.5 Å². The molecule has 0 spiro atoms. The van der Waals surface area contributed by atoms with Crippen LogP contribution in [0, 0.1) is 11.6 Å². The molecule has 0 saturated carbocycles. The van der Waals surface area contributed by atoms with E-state index in [1.165, 1.54) is 12.1 Å². The number of halogens is 2. The molecule has 18 heavy (non-hydrogen) atoms. The molecule has 0 aromatic heterocycles. The van der Waals surface area contributed by atoms with Gasteiger partial charge >= 0.3 is 0 Å². The maximum atomic E-state index is 13.2. The van der Waals surface area contributed by atoms with Crippen LogP contribution in [0.2, 0.25) is 0 Å². The fraction of sp³-hybridized carbons (Fsp3) is 0.200. The normalized spacial score (nSPS) is 16.6. The van der Waals surface area contributed by atoms with Crippen molar-refractivity contribution in [3.05, 3.63) is 70.8 Å². The van der Waals surface area contributed by atoms with Crippen LogP contribution in [-0.2, 0) is 18.4 Å². The van der Waals surface area contributed by atoms with Crippen LogP contribution in [0.4, 0.5) is 8.78 Å². The highest BCUT2D eigenvalue weighted by Gasteiger charge is 2.37. The summed E-state index contributed by atoms with van der Waals surface area (Å²) in [5, 5.41) is 10.6. The zero-order chi connectivity index (χ0) is 12.8. The van der Waals surface area contributed by atoms with Gasteiger partial charge in [0.2, 0.25) is 0 Å². The minimum Gasteiger partial charge on any atom is -0.384 e. The van der Waals surface area contributed by atoms with Gasteiger partial charge in [0.15, 0.2) is 0 Å². The maximum Gasteiger partial charge on any atom is 0.126 e. The molecule has 0 unspecified atom stereocenters. The van der Waals surface area contributed by atoms with Gasteiger partial charge in [-0.05, 0) is 28.8 Å². The van der Waals surface area contributed by atoms with Gasteiger partial charge in [-0.15, -0.1) is 0 Å². The minimum atomic E-state index is -1.20. The van der Waals surface area contributed by atoms with Crippen LogP contribution in [0.3, 0.4) is 0 Å². The zero-order valence-electron chi connectivity index (χ0n) is 9.66. The van der Waals surface area contributed by atoms with Gasteiger partial charge in [-0.25, -0.2) is 8.78 Å². The quantitative estimate of drug-likeness (QED) is 0.820. The van der Waals surface area contributed by atoms with Crippen molar-refractivity contribution in [2.75, 3.05) is 0 Å². The van der Waals surface area contributed by atoms with E-state index in [0.29, 0.717) is 18.4 Å². The summed E-state index contributed by atoms with van der Waals surface area (Å²) in [4.78, 5) is 0. The largest absolute Gasteiger partial charge is 0.384 e. The molecule has 0 radical (unpaired) electrons. The second kappa shape index (κ2) is 3.89. The minimum absolute atomic E-state index is 0.302. The molecule has 3 rings (SSSR count). The summed E-state index contributed by atoms with van der Waals surface area (Å²) in [7, 11) is 0. The number of fused-ring (bicyclic) bond motifs is 1. The molecule has 1 N–H and O–H groups in total. The van der Waals surface area contributed by atoms with Gasteiger partial charge < -0.3 is 5.11 Å². The Morgan fingerprint density at radius 3 is 1.89 bits per heavy atom. The zero-order valence-corrected chi connectivity index (χ0v) is 9.66. The average Bonchev–Trinajstić information content (AvgIpc) is 2.65. The Morgan fingerprint density at radius 1 is 0.889 bits per heavy atom. The third kappa shape index (κ3) is 1.81. The van der Waals surface area contributed by atoms with Gasteiger partial charge in [-0.2, -0.15) is 0 Å². The number of benzene rings is 2. The van der Waals surface area contributed by atoms with Crippen LogP contribution in [0.1, 0.15) is 16.7 Å². The molecule has 0 bridgehead atoms. The number of hydrogen-bond donors (Lipinski definition) is 1. The Kier molecular flexibility index (Phi) is 2.45. The third-order valence-corrected chi connectivity index (χ3v) is 3.48. The summed E-state index contributed by atoms with van der Waals surface area (Å²) in [5.41, 5.74) is 1.16. The first-order valence-corrected chi connectivity index (χ1v) is 5.83. The van der Waals surface area contributed by atoms with Crippen molar-refractivity contribution in [1.29, 1.82) is 0 Å². The Morgan fingerprint density at radius 2 is 1.39 bits per heavy atom. The summed E-state index contributed by atoms with van der Waals surface area (Å²) < 4.78 is 26.5. The van der Waals surface area contributed by atoms with Gasteiger partial charge in [-0.1, -0.05) is 24.3 Å². The van der Waals surface area contributed by atoms with E-state index in [2.05, 4.69) is 0 Å². The van der Waals surface area contributed by atoms with Crippen molar-refractivity contribution in [1.82, 2.24) is 0 Å². The standard InChI is InChI=1S/C15H12F2O/c16-13-5-12(6-14(17)7-13)15(18)8-10-3-1-2-4-11(10)9-15/h1-7,18H,8-9H2. The monoisotopic (exact) mass is 246 g/mol. The summed E-state index contributed by atoms with van der Waals surface area (Å²) in [6.07, 6.45) is 0.790. The molecule has 0 fully saturated rings. The Bertz CT molecular complexity index is 562. The molecule has 0 heterocycles. The highest BCUT2D eigenvalue weighted by atomic mass is 19.1. The number of hydrogen-bond acceptors (Lipinski definition) is 1. The number of aliphatic hydroxyl groups is 1. The lowest BCUT2D eigenvalue weighted by molar-refractivity contribution is 0.0475. The maximum absolute atomic E-state index is 13.2. The van der Waals surface area contributed by atoms with E-state index >= 15 is 0 Å². The summed E-state index contributed by atoms with van der Waals surface area (Å²) >= 11 is 0.